The van der Waals surface area contributed by atoms with E-state index < -0.39 is 0 Å². The average molecular weight is 224 g/mol. The van der Waals surface area contributed by atoms with Gasteiger partial charge in [-0.2, -0.15) is 0 Å². The maximum Gasteiger partial charge on any atom is 0.0145 e. The van der Waals surface area contributed by atoms with Gasteiger partial charge in [0.25, 0.3) is 0 Å². The Labute approximate surface area is 101 Å². The molecule has 16 heavy (non-hydrogen) atoms. The monoisotopic (exact) mass is 224 g/mol. The zero-order valence-electron chi connectivity index (χ0n) is 11.3. The lowest BCUT2D eigenvalue weighted by atomic mass is 9.77. The Bertz CT molecular complexity index is 219. The van der Waals surface area contributed by atoms with Gasteiger partial charge in [-0.25, -0.2) is 0 Å². The molecule has 0 spiro atoms. The van der Waals surface area contributed by atoms with Crippen LogP contribution in [0.3, 0.4) is 0 Å². The van der Waals surface area contributed by atoms with Crippen molar-refractivity contribution in [2.45, 2.75) is 52.5 Å². The molecule has 2 heteroatoms. The summed E-state index contributed by atoms with van der Waals surface area (Å²) in [7, 11) is 0. The van der Waals surface area contributed by atoms with E-state index in [1.165, 1.54) is 51.9 Å². The molecule has 0 aromatic rings. The van der Waals surface area contributed by atoms with Crippen molar-refractivity contribution < 1.29 is 0 Å². The van der Waals surface area contributed by atoms with Crippen LogP contribution >= 0.6 is 0 Å². The first-order valence-electron chi connectivity index (χ1n) is 7.09. The quantitative estimate of drug-likeness (QED) is 0.775. The van der Waals surface area contributed by atoms with Crippen molar-refractivity contribution in [3.05, 3.63) is 0 Å². The fourth-order valence-corrected chi connectivity index (χ4v) is 3.29. The van der Waals surface area contributed by atoms with Crippen molar-refractivity contribution in [3.8, 4) is 0 Å². The normalized spacial score (nSPS) is 36.2. The molecule has 94 valence electrons. The Morgan fingerprint density at radius 2 is 2.00 bits per heavy atom. The number of nitrogens with zero attached hydrogens (tertiary/aromatic N) is 1. The summed E-state index contributed by atoms with van der Waals surface area (Å²) in [5.74, 6) is 0.833. The molecule has 0 amide bonds. The summed E-state index contributed by atoms with van der Waals surface area (Å²) >= 11 is 0. The summed E-state index contributed by atoms with van der Waals surface area (Å²) in [6.07, 6.45) is 5.51. The summed E-state index contributed by atoms with van der Waals surface area (Å²) in [4.78, 5) is 2.77. The van der Waals surface area contributed by atoms with Crippen LogP contribution in [-0.2, 0) is 0 Å². The first-order chi connectivity index (χ1) is 7.64. The van der Waals surface area contributed by atoms with Crippen molar-refractivity contribution in [1.82, 2.24) is 10.2 Å². The van der Waals surface area contributed by atoms with Crippen molar-refractivity contribution in [2.75, 3.05) is 26.2 Å². The molecule has 2 heterocycles. The highest BCUT2D eigenvalue weighted by Crippen LogP contribution is 2.35. The van der Waals surface area contributed by atoms with Crippen molar-refractivity contribution in [3.63, 3.8) is 0 Å². The Balaban J connectivity index is 1.88. The molecule has 0 radical (unpaired) electrons. The second kappa shape index (κ2) is 5.05. The smallest absolute Gasteiger partial charge is 0.0145 e. The molecular weight excluding hydrogens is 196 g/mol. The molecule has 0 aromatic heterocycles. The molecule has 2 rings (SSSR count). The number of rotatable bonds is 2. The molecule has 2 atom stereocenters. The molecule has 0 saturated carbocycles. The molecular formula is C14H28N2. The van der Waals surface area contributed by atoms with Crippen LogP contribution in [-0.4, -0.2) is 37.1 Å². The maximum atomic E-state index is 3.50. The van der Waals surface area contributed by atoms with Crippen LogP contribution in [0, 0.1) is 11.3 Å². The molecule has 2 fully saturated rings. The molecule has 0 aliphatic carbocycles. The summed E-state index contributed by atoms with van der Waals surface area (Å²) in [6, 6.07) is 0.850. The zero-order chi connectivity index (χ0) is 11.6. The largest absolute Gasteiger partial charge is 0.316 e. The highest BCUT2D eigenvalue weighted by Gasteiger charge is 2.33. The molecule has 2 aliphatic rings. The van der Waals surface area contributed by atoms with Gasteiger partial charge in [0.2, 0.25) is 0 Å². The minimum absolute atomic E-state index is 0.632. The second-order valence-corrected chi connectivity index (χ2v) is 6.24. The predicted octanol–water partition coefficient (Wildman–Crippen LogP) is 2.50. The second-order valence-electron chi connectivity index (χ2n) is 6.24. The van der Waals surface area contributed by atoms with E-state index >= 15 is 0 Å². The van der Waals surface area contributed by atoms with Crippen LogP contribution in [0.4, 0.5) is 0 Å². The lowest BCUT2D eigenvalue weighted by molar-refractivity contribution is 0.0474. The van der Waals surface area contributed by atoms with Crippen LogP contribution < -0.4 is 5.32 Å². The standard InChI is InChI=1S/C14H28N2/c1-4-14(3)6-9-16(10-7-14)13-5-8-15-11-12(13)2/h12-13,15H,4-11H2,1-3H3. The van der Waals surface area contributed by atoms with Gasteiger partial charge < -0.3 is 5.32 Å². The van der Waals surface area contributed by atoms with E-state index in [-0.39, 0.29) is 0 Å². The van der Waals surface area contributed by atoms with Gasteiger partial charge in [0.1, 0.15) is 0 Å². The first kappa shape index (κ1) is 12.4. The fraction of sp³-hybridized carbons (Fsp3) is 1.00. The molecule has 0 bridgehead atoms. The van der Waals surface area contributed by atoms with Gasteiger partial charge in [0.05, 0.1) is 0 Å². The Kier molecular flexibility index (Phi) is 3.91. The van der Waals surface area contributed by atoms with Crippen LogP contribution in [0.1, 0.15) is 46.5 Å². The van der Waals surface area contributed by atoms with Gasteiger partial charge in [-0.1, -0.05) is 27.2 Å². The van der Waals surface area contributed by atoms with Crippen LogP contribution in [0.15, 0.2) is 0 Å². The predicted molar refractivity (Wildman–Crippen MR) is 69.6 cm³/mol. The minimum Gasteiger partial charge on any atom is -0.316 e. The molecule has 2 aliphatic heterocycles. The first-order valence-corrected chi connectivity index (χ1v) is 7.09. The van der Waals surface area contributed by atoms with Gasteiger partial charge in [-0.05, 0) is 56.8 Å². The van der Waals surface area contributed by atoms with E-state index in [1.807, 2.05) is 0 Å². The summed E-state index contributed by atoms with van der Waals surface area (Å²) in [5, 5.41) is 3.50. The van der Waals surface area contributed by atoms with Gasteiger partial charge in [0, 0.05) is 6.04 Å². The van der Waals surface area contributed by atoms with Crippen LogP contribution in [0.5, 0.6) is 0 Å². The third-order valence-electron chi connectivity index (χ3n) is 5.07. The van der Waals surface area contributed by atoms with Gasteiger partial charge in [-0.3, -0.25) is 4.90 Å². The minimum atomic E-state index is 0.632. The van der Waals surface area contributed by atoms with E-state index in [9.17, 15) is 0 Å². The van der Waals surface area contributed by atoms with Gasteiger partial charge >= 0.3 is 0 Å². The lowest BCUT2D eigenvalue weighted by Gasteiger charge is -2.45. The number of hydrogen-bond donors (Lipinski definition) is 1. The van der Waals surface area contributed by atoms with Crippen molar-refractivity contribution >= 4 is 0 Å². The van der Waals surface area contributed by atoms with Crippen LogP contribution in [0.25, 0.3) is 0 Å². The summed E-state index contributed by atoms with van der Waals surface area (Å²) in [5.41, 5.74) is 0.632. The highest BCUT2D eigenvalue weighted by atomic mass is 15.2. The Hall–Kier alpha value is -0.0800. The van der Waals surface area contributed by atoms with Gasteiger partial charge in [0.15, 0.2) is 0 Å². The highest BCUT2D eigenvalue weighted by molar-refractivity contribution is 4.88. The Morgan fingerprint density at radius 1 is 1.31 bits per heavy atom. The van der Waals surface area contributed by atoms with E-state index in [1.54, 1.807) is 0 Å². The molecule has 2 nitrogen and oxygen atoms in total. The van der Waals surface area contributed by atoms with E-state index in [2.05, 4.69) is 31.0 Å². The summed E-state index contributed by atoms with van der Waals surface area (Å²) in [6.45, 7) is 12.3. The molecule has 0 aromatic carbocycles. The fourth-order valence-electron chi connectivity index (χ4n) is 3.29. The molecule has 1 N–H and O–H groups in total. The Morgan fingerprint density at radius 3 is 2.56 bits per heavy atom. The van der Waals surface area contributed by atoms with E-state index in [4.69, 9.17) is 0 Å². The average Bonchev–Trinajstić information content (AvgIpc) is 2.31. The number of hydrogen-bond acceptors (Lipinski definition) is 2. The SMILES string of the molecule is CCC1(C)CCN(C2CCNCC2C)CC1. The zero-order valence-corrected chi connectivity index (χ0v) is 11.3. The van der Waals surface area contributed by atoms with E-state index in [0.29, 0.717) is 5.41 Å². The number of likely N-dealkylation sites (tertiary alicyclic amines) is 1. The maximum absolute atomic E-state index is 3.50. The third kappa shape index (κ3) is 2.60. The van der Waals surface area contributed by atoms with E-state index in [0.717, 1.165) is 12.0 Å². The number of nitrogens with one attached hydrogen (secondary N) is 1. The third-order valence-corrected chi connectivity index (χ3v) is 5.07. The topological polar surface area (TPSA) is 15.3 Å². The van der Waals surface area contributed by atoms with Crippen LogP contribution in [0.2, 0.25) is 0 Å². The molecule has 2 saturated heterocycles. The number of piperidine rings is 2. The molecule has 2 unspecified atom stereocenters. The summed E-state index contributed by atoms with van der Waals surface area (Å²) < 4.78 is 0. The van der Waals surface area contributed by atoms with Gasteiger partial charge in [-0.15, -0.1) is 0 Å². The van der Waals surface area contributed by atoms with Crippen molar-refractivity contribution in [1.29, 1.82) is 0 Å². The lowest BCUT2D eigenvalue weighted by Crippen LogP contribution is -2.52. The van der Waals surface area contributed by atoms with Crippen molar-refractivity contribution in [2.24, 2.45) is 11.3 Å².